The van der Waals surface area contributed by atoms with Gasteiger partial charge in [0, 0.05) is 18.9 Å². The molecule has 6 heteroatoms. The summed E-state index contributed by atoms with van der Waals surface area (Å²) in [5.41, 5.74) is 0.401. The number of hydrogen-bond donors (Lipinski definition) is 1. The van der Waals surface area contributed by atoms with Gasteiger partial charge in [0.05, 0.1) is 13.0 Å². The molecule has 25 heavy (non-hydrogen) atoms. The molecule has 0 atom stereocenters. The van der Waals surface area contributed by atoms with E-state index >= 15 is 0 Å². The Morgan fingerprint density at radius 1 is 1.16 bits per heavy atom. The topological polar surface area (TPSA) is 73.9 Å². The predicted octanol–water partition coefficient (Wildman–Crippen LogP) is 3.23. The second-order valence-corrected chi connectivity index (χ2v) is 7.18. The van der Waals surface area contributed by atoms with Crippen molar-refractivity contribution in [3.8, 4) is 5.75 Å². The number of carbonyl (C=O) groups is 2. The predicted molar refractivity (Wildman–Crippen MR) is 93.6 cm³/mol. The molecule has 1 aromatic rings. The lowest BCUT2D eigenvalue weighted by Gasteiger charge is -2.36. The molecular formula is C19H27NO5. The molecule has 0 aliphatic heterocycles. The minimum Gasteiger partial charge on any atom is -0.490 e. The van der Waals surface area contributed by atoms with Gasteiger partial charge in [0.15, 0.2) is 0 Å². The zero-order chi connectivity index (χ0) is 18.4. The first-order valence-corrected chi connectivity index (χ1v) is 8.66. The van der Waals surface area contributed by atoms with Gasteiger partial charge in [0.1, 0.15) is 17.5 Å². The molecule has 0 bridgehead atoms. The van der Waals surface area contributed by atoms with E-state index in [0.717, 1.165) is 24.2 Å². The molecule has 0 radical (unpaired) electrons. The van der Waals surface area contributed by atoms with Gasteiger partial charge in [-0.25, -0.2) is 4.79 Å². The molecule has 1 aliphatic rings. The second-order valence-electron chi connectivity index (χ2n) is 7.18. The van der Waals surface area contributed by atoms with Crippen LogP contribution in [0.15, 0.2) is 24.3 Å². The first kappa shape index (κ1) is 19.1. The van der Waals surface area contributed by atoms with Gasteiger partial charge in [0.2, 0.25) is 0 Å². The largest absolute Gasteiger partial charge is 0.490 e. The average molecular weight is 349 g/mol. The van der Waals surface area contributed by atoms with Crippen LogP contribution in [0.1, 0.15) is 46.1 Å². The van der Waals surface area contributed by atoms with Gasteiger partial charge in [-0.2, -0.15) is 0 Å². The number of rotatable bonds is 6. The summed E-state index contributed by atoms with van der Waals surface area (Å²) in [5.74, 6) is 0.527. The van der Waals surface area contributed by atoms with Gasteiger partial charge in [-0.1, -0.05) is 12.1 Å². The van der Waals surface area contributed by atoms with Crippen LogP contribution in [0.2, 0.25) is 0 Å². The van der Waals surface area contributed by atoms with Crippen LogP contribution in [0.25, 0.3) is 0 Å². The van der Waals surface area contributed by atoms with Gasteiger partial charge in [-0.15, -0.1) is 0 Å². The summed E-state index contributed by atoms with van der Waals surface area (Å²) in [4.78, 5) is 23.1. The summed E-state index contributed by atoms with van der Waals surface area (Å²) in [5, 5.41) is 2.84. The van der Waals surface area contributed by atoms with Crippen molar-refractivity contribution in [1.29, 1.82) is 0 Å². The summed E-state index contributed by atoms with van der Waals surface area (Å²) >= 11 is 0. The van der Waals surface area contributed by atoms with Crippen LogP contribution in [0.4, 0.5) is 4.79 Å². The molecule has 1 amide bonds. The Hall–Kier alpha value is -2.24. The van der Waals surface area contributed by atoms with Crippen molar-refractivity contribution in [3.63, 3.8) is 0 Å². The van der Waals surface area contributed by atoms with Crippen molar-refractivity contribution < 1.29 is 23.8 Å². The van der Waals surface area contributed by atoms with E-state index in [0.29, 0.717) is 6.61 Å². The number of benzene rings is 1. The molecule has 1 N–H and O–H groups in total. The lowest BCUT2D eigenvalue weighted by molar-refractivity contribution is -0.142. The highest BCUT2D eigenvalue weighted by atomic mass is 16.6. The fourth-order valence-electron chi connectivity index (χ4n) is 2.51. The third-order valence-corrected chi connectivity index (χ3v) is 3.70. The molecule has 0 unspecified atom stereocenters. The second kappa shape index (κ2) is 8.23. The van der Waals surface area contributed by atoms with Crippen LogP contribution in [-0.2, 0) is 20.7 Å². The highest BCUT2D eigenvalue weighted by Gasteiger charge is 2.33. The molecule has 2 rings (SSSR count). The Bertz CT molecular complexity index is 585. The molecule has 0 saturated heterocycles. The number of alkyl carbamates (subject to hydrolysis) is 1. The van der Waals surface area contributed by atoms with Crippen LogP contribution in [0.3, 0.4) is 0 Å². The van der Waals surface area contributed by atoms with E-state index in [1.165, 1.54) is 0 Å². The van der Waals surface area contributed by atoms with Gasteiger partial charge in [-0.05, 0) is 45.4 Å². The lowest BCUT2D eigenvalue weighted by Crippen LogP contribution is -2.50. The maximum Gasteiger partial charge on any atom is 0.407 e. The number of hydrogen-bond acceptors (Lipinski definition) is 5. The quantitative estimate of drug-likeness (QED) is 0.798. The van der Waals surface area contributed by atoms with Crippen molar-refractivity contribution in [2.75, 3.05) is 6.61 Å². The van der Waals surface area contributed by atoms with Crippen LogP contribution < -0.4 is 10.1 Å². The average Bonchev–Trinajstić information content (AvgIpc) is 2.45. The number of esters is 1. The van der Waals surface area contributed by atoms with Crippen molar-refractivity contribution in [2.24, 2.45) is 0 Å². The van der Waals surface area contributed by atoms with Crippen molar-refractivity contribution in [1.82, 2.24) is 5.32 Å². The molecule has 1 fully saturated rings. The van der Waals surface area contributed by atoms with Crippen LogP contribution >= 0.6 is 0 Å². The summed E-state index contributed by atoms with van der Waals surface area (Å²) in [7, 11) is 0. The third kappa shape index (κ3) is 6.64. The number of ether oxygens (including phenoxy) is 3. The van der Waals surface area contributed by atoms with Crippen molar-refractivity contribution >= 4 is 12.1 Å². The van der Waals surface area contributed by atoms with Crippen LogP contribution in [0, 0.1) is 0 Å². The minimum atomic E-state index is -0.491. The zero-order valence-electron chi connectivity index (χ0n) is 15.3. The fourth-order valence-corrected chi connectivity index (χ4v) is 2.51. The Morgan fingerprint density at radius 2 is 1.80 bits per heavy atom. The van der Waals surface area contributed by atoms with Gasteiger partial charge in [-0.3, -0.25) is 4.79 Å². The Morgan fingerprint density at radius 3 is 2.36 bits per heavy atom. The van der Waals surface area contributed by atoms with Crippen LogP contribution in [0.5, 0.6) is 5.75 Å². The summed E-state index contributed by atoms with van der Waals surface area (Å²) in [6.45, 7) is 7.69. The smallest absolute Gasteiger partial charge is 0.407 e. The number of amides is 1. The molecule has 1 aliphatic carbocycles. The van der Waals surface area contributed by atoms with Gasteiger partial charge in [0.25, 0.3) is 0 Å². The van der Waals surface area contributed by atoms with E-state index in [2.05, 4.69) is 5.32 Å². The van der Waals surface area contributed by atoms with E-state index in [-0.39, 0.29) is 30.6 Å². The Kier molecular flexibility index (Phi) is 6.28. The Labute approximate surface area is 148 Å². The maximum absolute atomic E-state index is 11.7. The first-order chi connectivity index (χ1) is 11.7. The molecule has 0 heterocycles. The van der Waals surface area contributed by atoms with Crippen molar-refractivity contribution in [2.45, 2.75) is 64.7 Å². The van der Waals surface area contributed by atoms with E-state index in [9.17, 15) is 9.59 Å². The lowest BCUT2D eigenvalue weighted by atomic mass is 9.89. The fraction of sp³-hybridized carbons (Fsp3) is 0.579. The molecule has 6 nitrogen and oxygen atoms in total. The highest BCUT2D eigenvalue weighted by Crippen LogP contribution is 2.26. The van der Waals surface area contributed by atoms with Gasteiger partial charge < -0.3 is 19.5 Å². The van der Waals surface area contributed by atoms with E-state index in [1.54, 1.807) is 6.92 Å². The summed E-state index contributed by atoms with van der Waals surface area (Å²) in [6.07, 6.45) is 1.46. The normalized spacial score (nSPS) is 19.5. The van der Waals surface area contributed by atoms with Gasteiger partial charge >= 0.3 is 12.1 Å². The zero-order valence-corrected chi connectivity index (χ0v) is 15.3. The molecule has 0 spiro atoms. The highest BCUT2D eigenvalue weighted by molar-refractivity contribution is 5.72. The SMILES string of the molecule is CCOC(=O)Cc1ccc(OC2CC(NC(=O)OC(C)(C)C)C2)cc1. The number of nitrogens with one attached hydrogen (secondary N) is 1. The summed E-state index contributed by atoms with van der Waals surface area (Å²) in [6, 6.07) is 7.51. The third-order valence-electron chi connectivity index (χ3n) is 3.70. The first-order valence-electron chi connectivity index (χ1n) is 8.66. The Balaban J connectivity index is 1.70. The van der Waals surface area contributed by atoms with Crippen molar-refractivity contribution in [3.05, 3.63) is 29.8 Å². The minimum absolute atomic E-state index is 0.0795. The van der Waals surface area contributed by atoms with Crippen LogP contribution in [-0.4, -0.2) is 36.4 Å². The summed E-state index contributed by atoms with van der Waals surface area (Å²) < 4.78 is 16.0. The number of carbonyl (C=O) groups excluding carboxylic acids is 2. The van der Waals surface area contributed by atoms with E-state index in [4.69, 9.17) is 14.2 Å². The molecule has 1 saturated carbocycles. The molecule has 1 aromatic carbocycles. The van der Waals surface area contributed by atoms with E-state index < -0.39 is 5.60 Å². The maximum atomic E-state index is 11.7. The molecule has 0 aromatic heterocycles. The molecular weight excluding hydrogens is 322 g/mol. The standard InChI is InChI=1S/C19H27NO5/c1-5-23-17(21)10-13-6-8-15(9-7-13)24-16-11-14(12-16)20-18(22)25-19(2,3)4/h6-9,14,16H,5,10-12H2,1-4H3,(H,20,22). The molecule has 138 valence electrons. The van der Waals surface area contributed by atoms with E-state index in [1.807, 2.05) is 45.0 Å². The monoisotopic (exact) mass is 349 g/mol.